The number of hydrogen-bond acceptors (Lipinski definition) is 4. The molecule has 0 saturated heterocycles. The van der Waals surface area contributed by atoms with Crippen molar-refractivity contribution >= 4 is 17.9 Å². The van der Waals surface area contributed by atoms with Gasteiger partial charge in [-0.1, -0.05) is 48.5 Å². The smallest absolute Gasteiger partial charge is 0.244 e. The highest BCUT2D eigenvalue weighted by atomic mass is 16.5. The number of ether oxygens (including phenoxy) is 1. The fourth-order valence-electron chi connectivity index (χ4n) is 2.79. The molecule has 7 nitrogen and oxygen atoms in total. The van der Waals surface area contributed by atoms with Crippen molar-refractivity contribution in [3.63, 3.8) is 0 Å². The molecule has 2 N–H and O–H groups in total. The third-order valence-electron chi connectivity index (χ3n) is 4.28. The summed E-state index contributed by atoms with van der Waals surface area (Å²) in [6.45, 7) is 0.731. The molecule has 0 fully saturated rings. The molecule has 0 spiro atoms. The Balaban J connectivity index is 1.73. The van der Waals surface area contributed by atoms with Crippen LogP contribution < -0.4 is 10.6 Å². The number of nitrogens with one attached hydrogen (secondary N) is 2. The van der Waals surface area contributed by atoms with Crippen molar-refractivity contribution in [2.45, 2.75) is 0 Å². The van der Waals surface area contributed by atoms with Crippen LogP contribution in [0.2, 0.25) is 0 Å². The van der Waals surface area contributed by atoms with Crippen LogP contribution in [0.5, 0.6) is 0 Å². The van der Waals surface area contributed by atoms with Crippen LogP contribution in [0, 0.1) is 0 Å². The molecule has 0 unspecified atom stereocenters. The second-order valence-electron chi connectivity index (χ2n) is 6.47. The minimum atomic E-state index is -0.358. The lowest BCUT2D eigenvalue weighted by Crippen LogP contribution is -2.37. The number of amides is 2. The maximum atomic E-state index is 12.1. The molecule has 30 heavy (non-hydrogen) atoms. The largest absolute Gasteiger partial charge is 0.383 e. The van der Waals surface area contributed by atoms with Gasteiger partial charge < -0.3 is 15.4 Å². The Labute approximate surface area is 175 Å². The quantitative estimate of drug-likeness (QED) is 0.424. The van der Waals surface area contributed by atoms with Gasteiger partial charge >= 0.3 is 0 Å². The molecule has 154 valence electrons. The van der Waals surface area contributed by atoms with Gasteiger partial charge in [-0.05, 0) is 18.2 Å². The highest BCUT2D eigenvalue weighted by molar-refractivity contribution is 5.95. The molecule has 0 aliphatic heterocycles. The Kier molecular flexibility index (Phi) is 7.51. The first kappa shape index (κ1) is 21.0. The van der Waals surface area contributed by atoms with E-state index in [2.05, 4.69) is 10.6 Å². The van der Waals surface area contributed by atoms with Gasteiger partial charge in [0.15, 0.2) is 0 Å². The molecule has 0 atom stereocenters. The Morgan fingerprint density at radius 1 is 1.03 bits per heavy atom. The number of aromatic nitrogens is 2. The van der Waals surface area contributed by atoms with Crippen molar-refractivity contribution in [3.8, 4) is 16.9 Å². The highest BCUT2D eigenvalue weighted by Crippen LogP contribution is 2.24. The molecular weight excluding hydrogens is 380 g/mol. The summed E-state index contributed by atoms with van der Waals surface area (Å²) in [6.07, 6.45) is 4.98. The molecule has 0 radical (unpaired) electrons. The highest BCUT2D eigenvalue weighted by Gasteiger charge is 2.11. The monoisotopic (exact) mass is 404 g/mol. The number of carbonyl (C=O) groups is 2. The van der Waals surface area contributed by atoms with E-state index in [-0.39, 0.29) is 18.4 Å². The number of rotatable bonds is 9. The van der Waals surface area contributed by atoms with Gasteiger partial charge in [0.2, 0.25) is 11.8 Å². The summed E-state index contributed by atoms with van der Waals surface area (Å²) in [5.74, 6) is -0.626. The second-order valence-corrected chi connectivity index (χ2v) is 6.47. The van der Waals surface area contributed by atoms with Gasteiger partial charge in [-0.2, -0.15) is 5.10 Å². The predicted molar refractivity (Wildman–Crippen MR) is 116 cm³/mol. The number of benzene rings is 2. The van der Waals surface area contributed by atoms with Gasteiger partial charge in [0, 0.05) is 37.1 Å². The average Bonchev–Trinajstić information content (AvgIpc) is 3.22. The van der Waals surface area contributed by atoms with Crippen LogP contribution in [0.3, 0.4) is 0 Å². The number of methoxy groups -OCH3 is 1. The number of para-hydroxylation sites is 1. The van der Waals surface area contributed by atoms with Crippen molar-refractivity contribution < 1.29 is 14.3 Å². The summed E-state index contributed by atoms with van der Waals surface area (Å²) in [5, 5.41) is 9.92. The Bertz CT molecular complexity index is 998. The lowest BCUT2D eigenvalue weighted by molar-refractivity contribution is -0.124. The van der Waals surface area contributed by atoms with Crippen molar-refractivity contribution in [2.24, 2.45) is 0 Å². The minimum Gasteiger partial charge on any atom is -0.383 e. The lowest BCUT2D eigenvalue weighted by Gasteiger charge is -2.04. The zero-order valence-corrected chi connectivity index (χ0v) is 16.7. The first-order valence-electron chi connectivity index (χ1n) is 9.59. The van der Waals surface area contributed by atoms with Crippen LogP contribution in [0.15, 0.2) is 72.9 Å². The fraction of sp³-hybridized carbons (Fsp3) is 0.174. The standard InChI is InChI=1S/C23H24N4O3/c1-30-15-14-24-22(29)16-25-21(28)13-12-19-17-27(20-10-6-3-7-11-20)26-23(19)18-8-4-2-5-9-18/h2-13,17H,14-16H2,1H3,(H,24,29)(H,25,28)/b13-12+. The van der Waals surface area contributed by atoms with E-state index in [0.717, 1.165) is 22.5 Å². The van der Waals surface area contributed by atoms with E-state index in [1.54, 1.807) is 17.9 Å². The molecule has 0 saturated carbocycles. The number of carbonyl (C=O) groups excluding carboxylic acids is 2. The maximum Gasteiger partial charge on any atom is 0.244 e. The summed E-state index contributed by atoms with van der Waals surface area (Å²) < 4.78 is 6.65. The van der Waals surface area contributed by atoms with Gasteiger partial charge in [0.25, 0.3) is 0 Å². The molecular formula is C23H24N4O3. The van der Waals surface area contributed by atoms with Crippen molar-refractivity contribution in [3.05, 3.63) is 78.5 Å². The first-order valence-corrected chi connectivity index (χ1v) is 9.59. The Hall–Kier alpha value is -3.71. The van der Waals surface area contributed by atoms with Gasteiger partial charge in [0.05, 0.1) is 24.5 Å². The topological polar surface area (TPSA) is 85.3 Å². The minimum absolute atomic E-state index is 0.0955. The lowest BCUT2D eigenvalue weighted by atomic mass is 10.1. The van der Waals surface area contributed by atoms with Gasteiger partial charge in [-0.3, -0.25) is 9.59 Å². The molecule has 1 heterocycles. The van der Waals surface area contributed by atoms with Gasteiger partial charge in [-0.25, -0.2) is 4.68 Å². The van der Waals surface area contributed by atoms with E-state index in [0.29, 0.717) is 13.2 Å². The molecule has 2 aromatic carbocycles. The van der Waals surface area contributed by atoms with E-state index in [1.807, 2.05) is 66.9 Å². The van der Waals surface area contributed by atoms with Crippen LogP contribution in [0.25, 0.3) is 23.0 Å². The summed E-state index contributed by atoms with van der Waals surface area (Å²) in [5.41, 5.74) is 3.43. The van der Waals surface area contributed by atoms with Crippen LogP contribution in [0.4, 0.5) is 0 Å². The predicted octanol–water partition coefficient (Wildman–Crippen LogP) is 2.43. The van der Waals surface area contributed by atoms with Gasteiger partial charge in [-0.15, -0.1) is 0 Å². The van der Waals surface area contributed by atoms with Crippen molar-refractivity contribution in [1.82, 2.24) is 20.4 Å². The maximum absolute atomic E-state index is 12.1. The van der Waals surface area contributed by atoms with Crippen LogP contribution in [-0.4, -0.2) is 48.4 Å². The summed E-state index contributed by atoms with van der Waals surface area (Å²) in [4.78, 5) is 23.8. The van der Waals surface area contributed by atoms with E-state index in [1.165, 1.54) is 6.08 Å². The molecule has 1 aromatic heterocycles. The Morgan fingerprint density at radius 3 is 2.43 bits per heavy atom. The average molecular weight is 404 g/mol. The molecule has 3 aromatic rings. The summed E-state index contributed by atoms with van der Waals surface area (Å²) >= 11 is 0. The molecule has 7 heteroatoms. The molecule has 0 aliphatic carbocycles. The fourth-order valence-corrected chi connectivity index (χ4v) is 2.79. The van der Waals surface area contributed by atoms with Crippen molar-refractivity contribution in [2.75, 3.05) is 26.8 Å². The van der Waals surface area contributed by atoms with Crippen LogP contribution in [-0.2, 0) is 14.3 Å². The molecule has 2 amide bonds. The van der Waals surface area contributed by atoms with E-state index in [9.17, 15) is 9.59 Å². The zero-order chi connectivity index (χ0) is 21.2. The van der Waals surface area contributed by atoms with E-state index >= 15 is 0 Å². The normalized spacial score (nSPS) is 10.8. The van der Waals surface area contributed by atoms with Crippen LogP contribution >= 0.6 is 0 Å². The zero-order valence-electron chi connectivity index (χ0n) is 16.7. The second kappa shape index (κ2) is 10.7. The van der Waals surface area contributed by atoms with Gasteiger partial charge in [0.1, 0.15) is 0 Å². The first-order chi connectivity index (χ1) is 14.7. The number of hydrogen-bond donors (Lipinski definition) is 2. The molecule has 3 rings (SSSR count). The van der Waals surface area contributed by atoms with E-state index in [4.69, 9.17) is 9.84 Å². The molecule has 0 aliphatic rings. The third-order valence-corrected chi connectivity index (χ3v) is 4.28. The third kappa shape index (κ3) is 5.89. The van der Waals surface area contributed by atoms with Crippen molar-refractivity contribution in [1.29, 1.82) is 0 Å². The summed E-state index contributed by atoms with van der Waals surface area (Å²) in [6, 6.07) is 19.5. The van der Waals surface area contributed by atoms with E-state index < -0.39 is 0 Å². The molecule has 0 bridgehead atoms. The van der Waals surface area contributed by atoms with Crippen LogP contribution in [0.1, 0.15) is 5.56 Å². The number of nitrogens with zero attached hydrogens (tertiary/aromatic N) is 2. The Morgan fingerprint density at radius 2 is 1.73 bits per heavy atom. The SMILES string of the molecule is COCCNC(=O)CNC(=O)/C=C/c1cn(-c2ccccc2)nc1-c1ccccc1. The summed E-state index contributed by atoms with van der Waals surface area (Å²) in [7, 11) is 1.56.